The van der Waals surface area contributed by atoms with E-state index < -0.39 is 23.5 Å². The predicted octanol–water partition coefficient (Wildman–Crippen LogP) is 6.69. The lowest BCUT2D eigenvalue weighted by atomic mass is 10.0. The van der Waals surface area contributed by atoms with Crippen molar-refractivity contribution in [2.24, 2.45) is 16.9 Å². The van der Waals surface area contributed by atoms with Crippen molar-refractivity contribution in [3.8, 4) is 0 Å². The zero-order chi connectivity index (χ0) is 31.2. The quantitative estimate of drug-likeness (QED) is 0.247. The molecule has 0 saturated heterocycles. The summed E-state index contributed by atoms with van der Waals surface area (Å²) in [5, 5.41) is 6.64. The molecular formula is C31H35F6N7. The van der Waals surface area contributed by atoms with Crippen molar-refractivity contribution in [3.05, 3.63) is 70.3 Å². The third kappa shape index (κ3) is 6.98. The average Bonchev–Trinajstić information content (AvgIpc) is 3.91. The maximum atomic E-state index is 13.7. The van der Waals surface area contributed by atoms with E-state index in [4.69, 9.17) is 4.98 Å². The first-order chi connectivity index (χ1) is 20.9. The summed E-state index contributed by atoms with van der Waals surface area (Å²) in [6, 6.07) is 9.76. The van der Waals surface area contributed by atoms with E-state index in [0.29, 0.717) is 11.8 Å². The number of hydrazine groups is 2. The Balaban J connectivity index is 1.43. The van der Waals surface area contributed by atoms with E-state index >= 15 is 0 Å². The molecule has 236 valence electrons. The van der Waals surface area contributed by atoms with Crippen molar-refractivity contribution >= 4 is 22.7 Å². The fourth-order valence-corrected chi connectivity index (χ4v) is 5.65. The molecule has 1 aliphatic heterocycles. The number of aryl methyl sites for hydroxylation is 1. The maximum absolute atomic E-state index is 13.7. The van der Waals surface area contributed by atoms with E-state index in [2.05, 4.69) is 40.0 Å². The molecule has 2 saturated carbocycles. The minimum atomic E-state index is -4.94. The lowest BCUT2D eigenvalue weighted by Crippen LogP contribution is -2.44. The van der Waals surface area contributed by atoms with Crippen molar-refractivity contribution in [2.45, 2.75) is 64.5 Å². The van der Waals surface area contributed by atoms with Crippen LogP contribution in [0.1, 0.15) is 60.4 Å². The monoisotopic (exact) mass is 619 g/mol. The minimum absolute atomic E-state index is 0.136. The van der Waals surface area contributed by atoms with Gasteiger partial charge in [-0.25, -0.2) is 10.5 Å². The number of hydrogen-bond acceptors (Lipinski definition) is 7. The number of halogens is 6. The SMILES string of the molecule is CCc1cccc2cc(CN(Cc3cc(C(F)(F)F)cc(C(F)(F)F)c3)C3=NNN(C)N3)c(N(CC3CC3)CC3CC3)nc12. The van der Waals surface area contributed by atoms with Gasteiger partial charge >= 0.3 is 12.4 Å². The highest BCUT2D eigenvalue weighted by atomic mass is 19.4. The largest absolute Gasteiger partial charge is 0.416 e. The molecule has 44 heavy (non-hydrogen) atoms. The molecule has 2 aromatic carbocycles. The van der Waals surface area contributed by atoms with E-state index in [-0.39, 0.29) is 30.7 Å². The molecule has 13 heteroatoms. The molecule has 0 unspecified atom stereocenters. The summed E-state index contributed by atoms with van der Waals surface area (Å²) in [5.41, 5.74) is 5.73. The molecule has 3 aromatic rings. The van der Waals surface area contributed by atoms with Crippen molar-refractivity contribution in [2.75, 3.05) is 25.0 Å². The van der Waals surface area contributed by atoms with Crippen LogP contribution in [0.5, 0.6) is 0 Å². The molecule has 0 radical (unpaired) electrons. The number of benzene rings is 2. The number of para-hydroxylation sites is 1. The Morgan fingerprint density at radius 1 is 0.841 bits per heavy atom. The first-order valence-corrected chi connectivity index (χ1v) is 14.9. The van der Waals surface area contributed by atoms with Crippen LogP contribution in [0.3, 0.4) is 0 Å². The third-order valence-corrected chi connectivity index (χ3v) is 8.27. The molecule has 1 aromatic heterocycles. The Morgan fingerprint density at radius 2 is 1.48 bits per heavy atom. The maximum Gasteiger partial charge on any atom is 0.416 e. The van der Waals surface area contributed by atoms with E-state index in [0.717, 1.165) is 85.2 Å². The van der Waals surface area contributed by atoms with E-state index in [9.17, 15) is 26.3 Å². The van der Waals surface area contributed by atoms with Gasteiger partial charge in [0, 0.05) is 44.2 Å². The van der Waals surface area contributed by atoms with Crippen molar-refractivity contribution in [1.29, 1.82) is 0 Å². The molecule has 0 atom stereocenters. The Bertz CT molecular complexity index is 1500. The number of hydrogen-bond donors (Lipinski definition) is 2. The Kier molecular flexibility index (Phi) is 8.02. The average molecular weight is 620 g/mol. The first-order valence-electron chi connectivity index (χ1n) is 14.9. The molecule has 7 nitrogen and oxygen atoms in total. The Hall–Kier alpha value is -3.74. The van der Waals surface area contributed by atoms with Gasteiger partial charge in [-0.1, -0.05) is 25.1 Å². The molecule has 2 N–H and O–H groups in total. The van der Waals surface area contributed by atoms with Gasteiger partial charge in [0.2, 0.25) is 5.96 Å². The number of pyridine rings is 1. The summed E-state index contributed by atoms with van der Waals surface area (Å²) in [6.45, 7) is 3.70. The van der Waals surface area contributed by atoms with Crippen LogP contribution in [0.25, 0.3) is 10.9 Å². The van der Waals surface area contributed by atoms with Gasteiger partial charge in [-0.2, -0.15) is 26.3 Å². The summed E-state index contributed by atoms with van der Waals surface area (Å²) >= 11 is 0. The van der Waals surface area contributed by atoms with Crippen LogP contribution < -0.4 is 15.9 Å². The summed E-state index contributed by atoms with van der Waals surface area (Å²) in [7, 11) is 1.66. The fraction of sp³-hybridized carbons (Fsp3) is 0.484. The van der Waals surface area contributed by atoms with Crippen LogP contribution >= 0.6 is 0 Å². The van der Waals surface area contributed by atoms with Gasteiger partial charge in [-0.15, -0.1) is 10.2 Å². The van der Waals surface area contributed by atoms with Crippen LogP contribution in [0.4, 0.5) is 32.2 Å². The highest BCUT2D eigenvalue weighted by Crippen LogP contribution is 2.39. The number of nitrogens with one attached hydrogen (secondary N) is 2. The van der Waals surface area contributed by atoms with E-state index in [1.54, 1.807) is 11.9 Å². The number of rotatable bonds is 10. The number of aromatic nitrogens is 1. The van der Waals surface area contributed by atoms with Gasteiger partial charge in [0.15, 0.2) is 0 Å². The lowest BCUT2D eigenvalue weighted by Gasteiger charge is -2.30. The van der Waals surface area contributed by atoms with E-state index in [1.807, 2.05) is 12.1 Å². The summed E-state index contributed by atoms with van der Waals surface area (Å²) in [5.74, 6) is 2.24. The highest BCUT2D eigenvalue weighted by Gasteiger charge is 2.37. The second kappa shape index (κ2) is 11.6. The van der Waals surface area contributed by atoms with Crippen LogP contribution in [0.15, 0.2) is 47.6 Å². The molecule has 2 aliphatic carbocycles. The van der Waals surface area contributed by atoms with Crippen LogP contribution in [0, 0.1) is 11.8 Å². The number of anilines is 1. The normalized spacial score (nSPS) is 17.4. The molecule has 0 spiro atoms. The third-order valence-electron chi connectivity index (χ3n) is 8.27. The molecule has 6 rings (SSSR count). The second-order valence-corrected chi connectivity index (χ2v) is 12.1. The van der Waals surface area contributed by atoms with Gasteiger partial charge < -0.3 is 9.80 Å². The molecule has 0 amide bonds. The zero-order valence-electron chi connectivity index (χ0n) is 24.6. The van der Waals surface area contributed by atoms with Gasteiger partial charge in [0.1, 0.15) is 5.82 Å². The molecule has 2 fully saturated rings. The van der Waals surface area contributed by atoms with Crippen LogP contribution in [0.2, 0.25) is 0 Å². The smallest absolute Gasteiger partial charge is 0.356 e. The molecule has 3 aliphatic rings. The topological polar surface area (TPSA) is 59.0 Å². The predicted molar refractivity (Wildman–Crippen MR) is 156 cm³/mol. The molecule has 0 bridgehead atoms. The molecular weight excluding hydrogens is 584 g/mol. The summed E-state index contributed by atoms with van der Waals surface area (Å²) in [6.07, 6.45) is -4.44. The standard InChI is InChI=1S/C31H35F6N7/c1-3-22-5-4-6-23-13-24(28(38-27(22)23)43(15-19-7-8-19)16-20-9-10-20)18-44(29-39-41-42(2)40-29)17-21-11-25(30(32,33)34)14-26(12-21)31(35,36)37/h4-6,11-14,19-20,41H,3,7-10,15-18H2,1-2H3,(H,39,40). The highest BCUT2D eigenvalue weighted by molar-refractivity contribution is 5.85. The Morgan fingerprint density at radius 3 is 2.00 bits per heavy atom. The summed E-state index contributed by atoms with van der Waals surface area (Å²) < 4.78 is 82.2. The number of fused-ring (bicyclic) bond motifs is 1. The van der Waals surface area contributed by atoms with Crippen molar-refractivity contribution in [3.63, 3.8) is 0 Å². The van der Waals surface area contributed by atoms with Crippen molar-refractivity contribution < 1.29 is 26.3 Å². The van der Waals surface area contributed by atoms with Crippen molar-refractivity contribution in [1.82, 2.24) is 26.0 Å². The van der Waals surface area contributed by atoms with Crippen LogP contribution in [-0.2, 0) is 31.9 Å². The lowest BCUT2D eigenvalue weighted by molar-refractivity contribution is -0.143. The number of nitrogens with zero attached hydrogens (tertiary/aromatic N) is 5. The minimum Gasteiger partial charge on any atom is -0.356 e. The second-order valence-electron chi connectivity index (χ2n) is 12.1. The van der Waals surface area contributed by atoms with Crippen LogP contribution in [-0.4, -0.2) is 41.1 Å². The number of guanidine groups is 1. The summed E-state index contributed by atoms with van der Waals surface area (Å²) in [4.78, 5) is 9.21. The van der Waals surface area contributed by atoms with Gasteiger partial charge in [0.05, 0.1) is 16.6 Å². The fourth-order valence-electron chi connectivity index (χ4n) is 5.65. The number of hydrazone groups is 1. The van der Waals surface area contributed by atoms with E-state index in [1.165, 1.54) is 5.12 Å². The Labute approximate surface area is 251 Å². The zero-order valence-corrected chi connectivity index (χ0v) is 24.6. The first kappa shape index (κ1) is 30.3. The van der Waals surface area contributed by atoms with Gasteiger partial charge in [-0.3, -0.25) is 5.43 Å². The van der Waals surface area contributed by atoms with Gasteiger partial charge in [-0.05, 0) is 79.3 Å². The molecule has 2 heterocycles. The van der Waals surface area contributed by atoms with Gasteiger partial charge in [0.25, 0.3) is 0 Å². The number of alkyl halides is 6.